The standard InChI is InChI=1S/C15H21NO/c1-11-3-4-14(9-12(11)2)15(17)10-16-7-5-13(15)6-8-16/h3-4,9,13,17H,5-8,10H2,1-2H3/t15-/m0/s1. The molecule has 0 aromatic heterocycles. The van der Waals surface area contributed by atoms with Crippen molar-refractivity contribution in [2.24, 2.45) is 5.92 Å². The summed E-state index contributed by atoms with van der Waals surface area (Å²) in [5.41, 5.74) is 3.11. The Morgan fingerprint density at radius 2 is 1.88 bits per heavy atom. The molecule has 1 aromatic carbocycles. The van der Waals surface area contributed by atoms with Gasteiger partial charge in [0, 0.05) is 6.54 Å². The van der Waals surface area contributed by atoms with Crippen LogP contribution in [0.2, 0.25) is 0 Å². The SMILES string of the molecule is Cc1ccc([C@]2(O)CN3CCC2CC3)cc1C. The van der Waals surface area contributed by atoms with Crippen LogP contribution in [0.15, 0.2) is 18.2 Å². The lowest BCUT2D eigenvalue weighted by molar-refractivity contribution is -0.117. The summed E-state index contributed by atoms with van der Waals surface area (Å²) < 4.78 is 0. The fraction of sp³-hybridized carbons (Fsp3) is 0.600. The third kappa shape index (κ3) is 1.71. The lowest BCUT2D eigenvalue weighted by Crippen LogP contribution is -2.57. The van der Waals surface area contributed by atoms with Crippen molar-refractivity contribution in [1.29, 1.82) is 0 Å². The van der Waals surface area contributed by atoms with Crippen LogP contribution in [-0.2, 0) is 5.60 Å². The number of piperidine rings is 3. The average molecular weight is 231 g/mol. The summed E-state index contributed by atoms with van der Waals surface area (Å²) in [5, 5.41) is 11.0. The number of nitrogens with zero attached hydrogens (tertiary/aromatic N) is 1. The van der Waals surface area contributed by atoms with Crippen LogP contribution < -0.4 is 0 Å². The van der Waals surface area contributed by atoms with Crippen molar-refractivity contribution in [2.45, 2.75) is 32.3 Å². The number of benzene rings is 1. The van der Waals surface area contributed by atoms with Gasteiger partial charge in [-0.15, -0.1) is 0 Å². The molecule has 3 saturated heterocycles. The summed E-state index contributed by atoms with van der Waals surface area (Å²) in [4.78, 5) is 2.40. The molecule has 3 heterocycles. The first-order chi connectivity index (χ1) is 8.09. The molecule has 0 radical (unpaired) electrons. The number of aryl methyl sites for hydroxylation is 2. The lowest BCUT2D eigenvalue weighted by Gasteiger charge is -2.50. The van der Waals surface area contributed by atoms with Gasteiger partial charge in [-0.3, -0.25) is 0 Å². The first kappa shape index (κ1) is 11.2. The van der Waals surface area contributed by atoms with E-state index in [1.165, 1.54) is 11.1 Å². The molecule has 2 bridgehead atoms. The number of aliphatic hydroxyl groups is 1. The molecule has 2 heteroatoms. The Morgan fingerprint density at radius 1 is 1.18 bits per heavy atom. The van der Waals surface area contributed by atoms with Crippen molar-refractivity contribution in [3.63, 3.8) is 0 Å². The van der Waals surface area contributed by atoms with E-state index in [2.05, 4.69) is 36.9 Å². The van der Waals surface area contributed by atoms with E-state index in [-0.39, 0.29) is 0 Å². The molecule has 1 aromatic rings. The Balaban J connectivity index is 1.99. The molecule has 2 nitrogen and oxygen atoms in total. The van der Waals surface area contributed by atoms with Gasteiger partial charge in [0.1, 0.15) is 5.60 Å². The van der Waals surface area contributed by atoms with E-state index in [0.29, 0.717) is 5.92 Å². The average Bonchev–Trinajstić information content (AvgIpc) is 2.34. The van der Waals surface area contributed by atoms with Crippen molar-refractivity contribution in [3.8, 4) is 0 Å². The van der Waals surface area contributed by atoms with Crippen LogP contribution >= 0.6 is 0 Å². The van der Waals surface area contributed by atoms with Crippen molar-refractivity contribution in [2.75, 3.05) is 19.6 Å². The molecule has 0 saturated carbocycles. The maximum absolute atomic E-state index is 11.0. The van der Waals surface area contributed by atoms with Gasteiger partial charge in [-0.1, -0.05) is 18.2 Å². The zero-order chi connectivity index (χ0) is 12.0. The van der Waals surface area contributed by atoms with Crippen LogP contribution in [0.3, 0.4) is 0 Å². The van der Waals surface area contributed by atoms with E-state index in [0.717, 1.165) is 38.0 Å². The van der Waals surface area contributed by atoms with Gasteiger partial charge in [-0.2, -0.15) is 0 Å². The maximum Gasteiger partial charge on any atom is 0.105 e. The molecule has 3 aliphatic rings. The van der Waals surface area contributed by atoms with E-state index < -0.39 is 5.60 Å². The van der Waals surface area contributed by atoms with Gasteiger partial charge in [0.2, 0.25) is 0 Å². The monoisotopic (exact) mass is 231 g/mol. The molecule has 0 unspecified atom stereocenters. The summed E-state index contributed by atoms with van der Waals surface area (Å²) in [6.45, 7) is 7.40. The molecule has 4 rings (SSSR count). The molecule has 3 fully saturated rings. The second-order valence-corrected chi connectivity index (χ2v) is 5.77. The van der Waals surface area contributed by atoms with Gasteiger partial charge in [0.15, 0.2) is 0 Å². The smallest absolute Gasteiger partial charge is 0.105 e. The third-order valence-electron chi connectivity index (χ3n) is 4.73. The summed E-state index contributed by atoms with van der Waals surface area (Å²) in [6, 6.07) is 6.43. The van der Waals surface area contributed by atoms with Crippen molar-refractivity contribution >= 4 is 0 Å². The zero-order valence-electron chi connectivity index (χ0n) is 10.7. The Morgan fingerprint density at radius 3 is 2.41 bits per heavy atom. The van der Waals surface area contributed by atoms with Crippen LogP contribution in [0.4, 0.5) is 0 Å². The molecule has 0 amide bonds. The summed E-state index contributed by atoms with van der Waals surface area (Å²) in [7, 11) is 0. The minimum absolute atomic E-state index is 0.453. The van der Waals surface area contributed by atoms with Crippen LogP contribution in [0.25, 0.3) is 0 Å². The number of fused-ring (bicyclic) bond motifs is 3. The minimum Gasteiger partial charge on any atom is -0.384 e. The predicted molar refractivity (Wildman–Crippen MR) is 69.0 cm³/mol. The Hall–Kier alpha value is -0.860. The van der Waals surface area contributed by atoms with E-state index in [9.17, 15) is 5.11 Å². The molecule has 1 N–H and O–H groups in total. The highest BCUT2D eigenvalue weighted by Gasteiger charge is 2.46. The second kappa shape index (κ2) is 3.82. The highest BCUT2D eigenvalue weighted by atomic mass is 16.3. The third-order valence-corrected chi connectivity index (χ3v) is 4.73. The van der Waals surface area contributed by atoms with Gasteiger partial charge in [0.05, 0.1) is 0 Å². The quantitative estimate of drug-likeness (QED) is 0.801. The normalized spacial score (nSPS) is 36.2. The summed E-state index contributed by atoms with van der Waals surface area (Å²) in [5.74, 6) is 0.453. The van der Waals surface area contributed by atoms with Crippen LogP contribution in [0, 0.1) is 19.8 Å². The highest BCUT2D eigenvalue weighted by molar-refractivity contribution is 5.34. The van der Waals surface area contributed by atoms with Gasteiger partial charge in [-0.25, -0.2) is 0 Å². The molecule has 17 heavy (non-hydrogen) atoms. The van der Waals surface area contributed by atoms with Crippen LogP contribution in [0.1, 0.15) is 29.5 Å². The van der Waals surface area contributed by atoms with E-state index >= 15 is 0 Å². The van der Waals surface area contributed by atoms with E-state index in [4.69, 9.17) is 0 Å². The molecule has 3 aliphatic heterocycles. The Kier molecular flexibility index (Phi) is 2.53. The molecule has 0 aliphatic carbocycles. The predicted octanol–water partition coefficient (Wildman–Crippen LogP) is 2.22. The minimum atomic E-state index is -0.602. The molecule has 0 spiro atoms. The van der Waals surface area contributed by atoms with Crippen LogP contribution in [0.5, 0.6) is 0 Å². The van der Waals surface area contributed by atoms with Crippen molar-refractivity contribution < 1.29 is 5.11 Å². The van der Waals surface area contributed by atoms with Crippen LogP contribution in [-0.4, -0.2) is 29.6 Å². The molecule has 1 atom stereocenters. The largest absolute Gasteiger partial charge is 0.384 e. The molecular formula is C15H21NO. The fourth-order valence-corrected chi connectivity index (χ4v) is 3.38. The zero-order valence-corrected chi connectivity index (χ0v) is 10.7. The highest BCUT2D eigenvalue weighted by Crippen LogP contribution is 2.42. The van der Waals surface area contributed by atoms with Crippen molar-refractivity contribution in [3.05, 3.63) is 34.9 Å². The summed E-state index contributed by atoms with van der Waals surface area (Å²) >= 11 is 0. The second-order valence-electron chi connectivity index (χ2n) is 5.77. The Bertz CT molecular complexity index is 435. The number of hydrogen-bond acceptors (Lipinski definition) is 2. The van der Waals surface area contributed by atoms with Gasteiger partial charge in [0.25, 0.3) is 0 Å². The van der Waals surface area contributed by atoms with Gasteiger partial charge < -0.3 is 10.0 Å². The first-order valence-corrected chi connectivity index (χ1v) is 6.62. The molecule has 92 valence electrons. The van der Waals surface area contributed by atoms with E-state index in [1.54, 1.807) is 0 Å². The topological polar surface area (TPSA) is 23.5 Å². The molecular weight excluding hydrogens is 210 g/mol. The maximum atomic E-state index is 11.0. The fourth-order valence-electron chi connectivity index (χ4n) is 3.38. The van der Waals surface area contributed by atoms with Crippen molar-refractivity contribution in [1.82, 2.24) is 4.90 Å². The van der Waals surface area contributed by atoms with Gasteiger partial charge in [-0.05, 0) is 62.4 Å². The lowest BCUT2D eigenvalue weighted by atomic mass is 9.71. The first-order valence-electron chi connectivity index (χ1n) is 6.62. The number of hydrogen-bond donors (Lipinski definition) is 1. The van der Waals surface area contributed by atoms with E-state index in [1.807, 2.05) is 0 Å². The Labute approximate surface area is 103 Å². The number of rotatable bonds is 1. The summed E-state index contributed by atoms with van der Waals surface area (Å²) in [6.07, 6.45) is 2.28. The van der Waals surface area contributed by atoms with Gasteiger partial charge >= 0.3 is 0 Å².